The Kier molecular flexibility index (Phi) is 6.21. The number of aryl methyl sites for hydroxylation is 3. The summed E-state index contributed by atoms with van der Waals surface area (Å²) in [6.07, 6.45) is 1.35. The highest BCUT2D eigenvalue weighted by molar-refractivity contribution is 7.89. The van der Waals surface area contributed by atoms with Gasteiger partial charge in [0, 0.05) is 17.3 Å². The van der Waals surface area contributed by atoms with E-state index in [1.165, 1.54) is 0 Å². The van der Waals surface area contributed by atoms with E-state index in [0.717, 1.165) is 16.3 Å². The summed E-state index contributed by atoms with van der Waals surface area (Å²) >= 11 is 0. The monoisotopic (exact) mass is 460 g/mol. The van der Waals surface area contributed by atoms with Gasteiger partial charge in [0.15, 0.2) is 0 Å². The van der Waals surface area contributed by atoms with Crippen LogP contribution in [0.2, 0.25) is 0 Å². The van der Waals surface area contributed by atoms with Crippen LogP contribution in [-0.4, -0.2) is 30.2 Å². The maximum Gasteiger partial charge on any atom is 0.268 e. The first kappa shape index (κ1) is 22.9. The second-order valence-corrected chi connectivity index (χ2v) is 10.3. The molecule has 3 aromatic carbocycles. The summed E-state index contributed by atoms with van der Waals surface area (Å²) in [4.78, 5) is 19.0. The standard InChI is InChI=1S/C27H28N2O3S/c1-5-6-15-29(33(31,32)26-19(3)16-18(2)17-20(26)4)27(30)25-21-11-7-9-13-23(21)28-24-14-10-8-12-22(24)25/h7-14,16-17H,5-6,15H2,1-4H3. The molecule has 5 nitrogen and oxygen atoms in total. The van der Waals surface area contributed by atoms with E-state index in [9.17, 15) is 13.2 Å². The van der Waals surface area contributed by atoms with Crippen molar-refractivity contribution in [1.29, 1.82) is 0 Å². The Morgan fingerprint density at radius 3 is 1.91 bits per heavy atom. The number of unbranched alkanes of at least 4 members (excludes halogenated alkanes) is 1. The summed E-state index contributed by atoms with van der Waals surface area (Å²) in [5.41, 5.74) is 3.97. The van der Waals surface area contributed by atoms with Gasteiger partial charge in [-0.05, 0) is 50.5 Å². The first-order chi connectivity index (χ1) is 15.8. The molecule has 0 radical (unpaired) electrons. The minimum Gasteiger partial charge on any atom is -0.268 e. The summed E-state index contributed by atoms with van der Waals surface area (Å²) in [6.45, 7) is 7.61. The Morgan fingerprint density at radius 2 is 1.39 bits per heavy atom. The van der Waals surface area contributed by atoms with E-state index in [1.54, 1.807) is 13.8 Å². The van der Waals surface area contributed by atoms with Gasteiger partial charge < -0.3 is 0 Å². The number of carbonyl (C=O) groups excluding carboxylic acids is 1. The molecule has 1 amide bonds. The highest BCUT2D eigenvalue weighted by Gasteiger charge is 2.34. The van der Waals surface area contributed by atoms with Crippen molar-refractivity contribution >= 4 is 37.7 Å². The average Bonchev–Trinajstić information content (AvgIpc) is 2.76. The van der Waals surface area contributed by atoms with Crippen molar-refractivity contribution in [1.82, 2.24) is 9.29 Å². The van der Waals surface area contributed by atoms with Crippen LogP contribution in [0.25, 0.3) is 21.8 Å². The molecule has 4 aromatic rings. The molecule has 33 heavy (non-hydrogen) atoms. The van der Waals surface area contributed by atoms with Gasteiger partial charge in [0.05, 0.1) is 21.5 Å². The van der Waals surface area contributed by atoms with Crippen LogP contribution in [-0.2, 0) is 10.0 Å². The lowest BCUT2D eigenvalue weighted by Gasteiger charge is -2.25. The summed E-state index contributed by atoms with van der Waals surface area (Å²) < 4.78 is 29.0. The third-order valence-corrected chi connectivity index (χ3v) is 7.98. The summed E-state index contributed by atoms with van der Waals surface area (Å²) in [5, 5.41) is 1.30. The molecule has 0 spiro atoms. The zero-order chi connectivity index (χ0) is 23.8. The number of hydrogen-bond acceptors (Lipinski definition) is 4. The van der Waals surface area contributed by atoms with E-state index in [-0.39, 0.29) is 11.4 Å². The fourth-order valence-electron chi connectivity index (χ4n) is 4.51. The molecule has 0 aliphatic heterocycles. The average molecular weight is 461 g/mol. The van der Waals surface area contributed by atoms with Crippen molar-refractivity contribution in [2.45, 2.75) is 45.4 Å². The van der Waals surface area contributed by atoms with Gasteiger partial charge in [0.25, 0.3) is 15.9 Å². The van der Waals surface area contributed by atoms with E-state index < -0.39 is 15.9 Å². The quantitative estimate of drug-likeness (QED) is 0.334. The number of carbonyl (C=O) groups is 1. The van der Waals surface area contributed by atoms with Crippen LogP contribution in [0.4, 0.5) is 0 Å². The van der Waals surface area contributed by atoms with Gasteiger partial charge in [-0.3, -0.25) is 4.79 Å². The molecule has 4 rings (SSSR count). The number of aromatic nitrogens is 1. The van der Waals surface area contributed by atoms with Crippen LogP contribution in [0.1, 0.15) is 46.8 Å². The number of pyridine rings is 1. The molecule has 170 valence electrons. The number of fused-ring (bicyclic) bond motifs is 2. The number of hydrogen-bond donors (Lipinski definition) is 0. The summed E-state index contributed by atoms with van der Waals surface area (Å²) in [5.74, 6) is -0.516. The Labute approximate surface area is 195 Å². The minimum absolute atomic E-state index is 0.120. The summed E-state index contributed by atoms with van der Waals surface area (Å²) in [7, 11) is -4.07. The lowest BCUT2D eigenvalue weighted by Crippen LogP contribution is -2.38. The Bertz CT molecular complexity index is 1400. The van der Waals surface area contributed by atoms with E-state index in [4.69, 9.17) is 0 Å². The fraction of sp³-hybridized carbons (Fsp3) is 0.259. The molecular weight excluding hydrogens is 432 g/mol. The molecule has 0 saturated carbocycles. The number of nitrogens with zero attached hydrogens (tertiary/aromatic N) is 2. The molecule has 6 heteroatoms. The highest BCUT2D eigenvalue weighted by Crippen LogP contribution is 2.31. The maximum atomic E-state index is 14.1. The van der Waals surface area contributed by atoms with E-state index in [1.807, 2.05) is 74.5 Å². The Morgan fingerprint density at radius 1 is 0.879 bits per heavy atom. The van der Waals surface area contributed by atoms with Crippen molar-refractivity contribution in [2.24, 2.45) is 0 Å². The smallest absolute Gasteiger partial charge is 0.268 e. The van der Waals surface area contributed by atoms with Crippen LogP contribution in [0.3, 0.4) is 0 Å². The molecule has 1 aromatic heterocycles. The molecule has 0 aliphatic rings. The van der Waals surface area contributed by atoms with Crippen LogP contribution < -0.4 is 0 Å². The number of amides is 1. The second-order valence-electron chi connectivity index (χ2n) is 8.48. The number of rotatable bonds is 6. The van der Waals surface area contributed by atoms with Crippen LogP contribution in [0, 0.1) is 20.8 Å². The van der Waals surface area contributed by atoms with Crippen molar-refractivity contribution in [3.63, 3.8) is 0 Å². The normalized spacial score (nSPS) is 11.8. The van der Waals surface area contributed by atoms with Crippen molar-refractivity contribution in [2.75, 3.05) is 6.54 Å². The zero-order valence-corrected chi connectivity index (χ0v) is 20.2. The number of benzene rings is 3. The van der Waals surface area contributed by atoms with E-state index in [0.29, 0.717) is 44.9 Å². The minimum atomic E-state index is -4.07. The van der Waals surface area contributed by atoms with Crippen molar-refractivity contribution in [3.05, 3.63) is 82.9 Å². The summed E-state index contributed by atoms with van der Waals surface area (Å²) in [6, 6.07) is 18.5. The van der Waals surface area contributed by atoms with Gasteiger partial charge in [-0.1, -0.05) is 67.4 Å². The molecule has 1 heterocycles. The van der Waals surface area contributed by atoms with Crippen molar-refractivity contribution in [3.8, 4) is 0 Å². The van der Waals surface area contributed by atoms with Crippen LogP contribution in [0.15, 0.2) is 65.6 Å². The van der Waals surface area contributed by atoms with Gasteiger partial charge in [0.1, 0.15) is 0 Å². The van der Waals surface area contributed by atoms with E-state index >= 15 is 0 Å². The van der Waals surface area contributed by atoms with Gasteiger partial charge >= 0.3 is 0 Å². The molecule has 0 fully saturated rings. The Hall–Kier alpha value is -3.25. The molecule has 0 unspecified atom stereocenters. The first-order valence-electron chi connectivity index (χ1n) is 11.2. The molecule has 0 N–H and O–H groups in total. The largest absolute Gasteiger partial charge is 0.268 e. The SMILES string of the molecule is CCCCN(C(=O)c1c2ccccc2nc2ccccc12)S(=O)(=O)c1c(C)cc(C)cc1C. The van der Waals surface area contributed by atoms with Gasteiger partial charge in [-0.25, -0.2) is 17.7 Å². The van der Waals surface area contributed by atoms with Gasteiger partial charge in [-0.2, -0.15) is 0 Å². The highest BCUT2D eigenvalue weighted by atomic mass is 32.2. The third kappa shape index (κ3) is 4.11. The molecular formula is C27H28N2O3S. The Balaban J connectivity index is 1.98. The maximum absolute atomic E-state index is 14.1. The molecule has 0 saturated heterocycles. The second kappa shape index (κ2) is 8.94. The lowest BCUT2D eigenvalue weighted by atomic mass is 10.0. The van der Waals surface area contributed by atoms with Crippen LogP contribution in [0.5, 0.6) is 0 Å². The third-order valence-electron chi connectivity index (χ3n) is 5.90. The van der Waals surface area contributed by atoms with Crippen LogP contribution >= 0.6 is 0 Å². The molecule has 0 aliphatic carbocycles. The predicted molar refractivity (Wildman–Crippen MR) is 133 cm³/mol. The van der Waals surface area contributed by atoms with Gasteiger partial charge in [0.2, 0.25) is 0 Å². The molecule has 0 atom stereocenters. The molecule has 0 bridgehead atoms. The first-order valence-corrected chi connectivity index (χ1v) is 12.6. The van der Waals surface area contributed by atoms with Crippen molar-refractivity contribution < 1.29 is 13.2 Å². The number of sulfonamides is 1. The fourth-order valence-corrected chi connectivity index (χ4v) is 6.34. The van der Waals surface area contributed by atoms with E-state index in [2.05, 4.69) is 4.98 Å². The number of para-hydroxylation sites is 2. The zero-order valence-electron chi connectivity index (χ0n) is 19.4. The predicted octanol–water partition coefficient (Wildman–Crippen LogP) is 5.94. The topological polar surface area (TPSA) is 67.3 Å². The van der Waals surface area contributed by atoms with Gasteiger partial charge in [-0.15, -0.1) is 0 Å². The lowest BCUT2D eigenvalue weighted by molar-refractivity contribution is 0.0863.